The molecule has 0 aliphatic carbocycles. The van der Waals surface area contributed by atoms with E-state index in [-0.39, 0.29) is 6.54 Å². The van der Waals surface area contributed by atoms with Crippen LogP contribution in [0.25, 0.3) is 0 Å². The van der Waals surface area contributed by atoms with E-state index in [1.165, 1.54) is 19.4 Å². The third-order valence-electron chi connectivity index (χ3n) is 4.93. The normalized spacial score (nSPS) is 14.3. The lowest BCUT2D eigenvalue weighted by molar-refractivity contribution is -0.272. The molecule has 0 fully saturated rings. The van der Waals surface area contributed by atoms with E-state index in [1.807, 2.05) is 32.0 Å². The zero-order valence-electron chi connectivity index (χ0n) is 18.3. The van der Waals surface area contributed by atoms with Crippen molar-refractivity contribution in [2.75, 3.05) is 26.7 Å². The van der Waals surface area contributed by atoms with Gasteiger partial charge in [-0.1, -0.05) is 12.1 Å². The Labute approximate surface area is 180 Å². The third-order valence-corrected chi connectivity index (χ3v) is 4.93. The van der Waals surface area contributed by atoms with Crippen molar-refractivity contribution in [2.45, 2.75) is 38.5 Å². The summed E-state index contributed by atoms with van der Waals surface area (Å²) in [6.07, 6.45) is -2.26. The fraction of sp³-hybridized carbons (Fsp3) is 0.524. The van der Waals surface area contributed by atoms with Crippen LogP contribution in [0.15, 0.2) is 35.6 Å². The Morgan fingerprint density at radius 2 is 2.03 bits per heavy atom. The molecule has 3 N–H and O–H groups in total. The predicted molar refractivity (Wildman–Crippen MR) is 113 cm³/mol. The lowest BCUT2D eigenvalue weighted by Gasteiger charge is -2.29. The molecule has 1 atom stereocenters. The Morgan fingerprint density at radius 3 is 2.61 bits per heavy atom. The minimum atomic E-state index is -4.88. The van der Waals surface area contributed by atoms with Crippen molar-refractivity contribution in [1.29, 1.82) is 0 Å². The van der Waals surface area contributed by atoms with Crippen molar-refractivity contribution in [1.82, 2.24) is 20.2 Å². The zero-order chi connectivity index (χ0) is 23.1. The highest BCUT2D eigenvalue weighted by Crippen LogP contribution is 2.40. The van der Waals surface area contributed by atoms with Crippen LogP contribution in [0.5, 0.6) is 5.75 Å². The number of halogens is 3. The zero-order valence-corrected chi connectivity index (χ0v) is 18.3. The van der Waals surface area contributed by atoms with Gasteiger partial charge in [0, 0.05) is 45.5 Å². The average Bonchev–Trinajstić information content (AvgIpc) is 3.14. The van der Waals surface area contributed by atoms with Crippen molar-refractivity contribution in [2.24, 2.45) is 12.0 Å². The highest BCUT2D eigenvalue weighted by molar-refractivity contribution is 5.79. The van der Waals surface area contributed by atoms with Crippen LogP contribution in [0.2, 0.25) is 0 Å². The number of guanidine groups is 1. The van der Waals surface area contributed by atoms with Gasteiger partial charge in [0.1, 0.15) is 11.6 Å². The molecule has 172 valence electrons. The maximum atomic E-state index is 13.6. The summed E-state index contributed by atoms with van der Waals surface area (Å²) in [5, 5.41) is 16.5. The molecule has 0 radical (unpaired) electrons. The number of nitrogens with zero attached hydrogens (tertiary/aromatic N) is 3. The lowest BCUT2D eigenvalue weighted by Crippen LogP contribution is -2.45. The maximum Gasteiger partial charge on any atom is 0.424 e. The average molecular weight is 441 g/mol. The summed E-state index contributed by atoms with van der Waals surface area (Å²) in [6.45, 7) is 4.66. The molecule has 0 bridgehead atoms. The van der Waals surface area contributed by atoms with Crippen LogP contribution < -0.4 is 15.4 Å². The van der Waals surface area contributed by atoms with Gasteiger partial charge in [0.25, 0.3) is 0 Å². The van der Waals surface area contributed by atoms with Crippen molar-refractivity contribution in [3.05, 3.63) is 47.5 Å². The first-order valence-electron chi connectivity index (χ1n) is 10.0. The van der Waals surface area contributed by atoms with E-state index in [1.54, 1.807) is 7.11 Å². The number of hydrogen-bond acceptors (Lipinski definition) is 4. The minimum absolute atomic E-state index is 0.240. The molecule has 0 aliphatic rings. The quantitative estimate of drug-likeness (QED) is 0.412. The first-order chi connectivity index (χ1) is 14.6. The Balaban J connectivity index is 2.02. The largest absolute Gasteiger partial charge is 0.496 e. The van der Waals surface area contributed by atoms with Gasteiger partial charge in [-0.25, -0.2) is 4.98 Å². The Bertz CT molecular complexity index is 882. The smallest absolute Gasteiger partial charge is 0.424 e. The number of ether oxygens (including phenoxy) is 1. The van der Waals surface area contributed by atoms with E-state index in [0.717, 1.165) is 21.4 Å². The van der Waals surface area contributed by atoms with Crippen LogP contribution in [0.3, 0.4) is 0 Å². The summed E-state index contributed by atoms with van der Waals surface area (Å²) in [6, 6.07) is 5.93. The molecule has 10 heteroatoms. The fourth-order valence-electron chi connectivity index (χ4n) is 3.16. The van der Waals surface area contributed by atoms with Gasteiger partial charge in [-0.05, 0) is 37.5 Å². The Morgan fingerprint density at radius 1 is 1.29 bits per heavy atom. The van der Waals surface area contributed by atoms with Gasteiger partial charge in [-0.2, -0.15) is 13.2 Å². The summed E-state index contributed by atoms with van der Waals surface area (Å²) in [7, 11) is 3.03. The molecule has 2 rings (SSSR count). The van der Waals surface area contributed by atoms with Gasteiger partial charge in [-0.3, -0.25) is 4.99 Å². The van der Waals surface area contributed by atoms with Crippen LogP contribution in [0.1, 0.15) is 30.3 Å². The predicted octanol–water partition coefficient (Wildman–Crippen LogP) is 2.67. The molecule has 1 aromatic carbocycles. The number of aliphatic imine (C=N–C) groups is 1. The van der Waals surface area contributed by atoms with E-state index in [2.05, 4.69) is 20.6 Å². The number of methoxy groups -OCH3 is 1. The van der Waals surface area contributed by atoms with Gasteiger partial charge in [0.2, 0.25) is 5.60 Å². The number of nitrogens with one attached hydrogen (secondary N) is 2. The van der Waals surface area contributed by atoms with Crippen LogP contribution >= 0.6 is 0 Å². The van der Waals surface area contributed by atoms with Gasteiger partial charge < -0.3 is 25.0 Å². The SMILES string of the molecule is CCNC(=NCCC(O)(c1nccn1C)C(F)(F)F)NCCc1ccc(C)c(OC)c1. The number of hydrogen-bond donors (Lipinski definition) is 3. The Kier molecular flexibility index (Phi) is 8.32. The number of aryl methyl sites for hydroxylation is 2. The second kappa shape index (κ2) is 10.5. The van der Waals surface area contributed by atoms with E-state index in [4.69, 9.17) is 4.74 Å². The van der Waals surface area contributed by atoms with Gasteiger partial charge in [-0.15, -0.1) is 0 Å². The highest BCUT2D eigenvalue weighted by Gasteiger charge is 2.57. The van der Waals surface area contributed by atoms with Crippen LogP contribution in [-0.2, 0) is 19.1 Å². The molecule has 7 nitrogen and oxygen atoms in total. The van der Waals surface area contributed by atoms with Gasteiger partial charge >= 0.3 is 6.18 Å². The molecule has 0 spiro atoms. The molecular weight excluding hydrogens is 411 g/mol. The molecule has 31 heavy (non-hydrogen) atoms. The van der Waals surface area contributed by atoms with Crippen LogP contribution in [0.4, 0.5) is 13.2 Å². The molecule has 1 unspecified atom stereocenters. The summed E-state index contributed by atoms with van der Waals surface area (Å²) in [4.78, 5) is 7.90. The van der Waals surface area contributed by atoms with E-state index in [0.29, 0.717) is 25.5 Å². The topological polar surface area (TPSA) is 83.7 Å². The number of rotatable bonds is 9. The summed E-state index contributed by atoms with van der Waals surface area (Å²) in [5.74, 6) is 0.728. The minimum Gasteiger partial charge on any atom is -0.496 e. The molecule has 2 aromatic rings. The summed E-state index contributed by atoms with van der Waals surface area (Å²) >= 11 is 0. The first kappa shape index (κ1) is 24.5. The summed E-state index contributed by atoms with van der Waals surface area (Å²) < 4.78 is 47.3. The second-order valence-electron chi connectivity index (χ2n) is 7.21. The monoisotopic (exact) mass is 441 g/mol. The molecule has 0 saturated carbocycles. The van der Waals surface area contributed by atoms with E-state index in [9.17, 15) is 18.3 Å². The maximum absolute atomic E-state index is 13.6. The molecular formula is C21H30F3N5O2. The molecule has 0 aliphatic heterocycles. The van der Waals surface area contributed by atoms with E-state index < -0.39 is 24.0 Å². The van der Waals surface area contributed by atoms with Crippen molar-refractivity contribution in [3.63, 3.8) is 0 Å². The van der Waals surface area contributed by atoms with Crippen molar-refractivity contribution in [3.8, 4) is 5.75 Å². The third kappa shape index (κ3) is 6.13. The molecule has 0 saturated heterocycles. The number of benzene rings is 1. The Hall–Kier alpha value is -2.75. The fourth-order valence-corrected chi connectivity index (χ4v) is 3.16. The second-order valence-corrected chi connectivity index (χ2v) is 7.21. The lowest BCUT2D eigenvalue weighted by atomic mass is 9.98. The number of aromatic nitrogens is 2. The van der Waals surface area contributed by atoms with Gasteiger partial charge in [0.15, 0.2) is 5.96 Å². The van der Waals surface area contributed by atoms with Crippen LogP contribution in [0, 0.1) is 6.92 Å². The first-order valence-corrected chi connectivity index (χ1v) is 10.0. The standard InChI is InChI=1S/C21H30F3N5O2/c1-5-25-19(27-10-8-16-7-6-15(2)17(14-16)31-4)28-11-9-20(30,21(22,23)24)18-26-12-13-29(18)3/h6-7,12-14,30H,5,8-11H2,1-4H3,(H2,25,27,28). The highest BCUT2D eigenvalue weighted by atomic mass is 19.4. The number of alkyl halides is 3. The molecule has 1 aromatic heterocycles. The molecule has 1 heterocycles. The number of aliphatic hydroxyl groups is 1. The van der Waals surface area contributed by atoms with Crippen molar-refractivity contribution >= 4 is 5.96 Å². The molecule has 0 amide bonds. The number of imidazole rings is 1. The van der Waals surface area contributed by atoms with Crippen molar-refractivity contribution < 1.29 is 23.0 Å². The summed E-state index contributed by atoms with van der Waals surface area (Å²) in [5.41, 5.74) is -0.976. The van der Waals surface area contributed by atoms with E-state index >= 15 is 0 Å². The van der Waals surface area contributed by atoms with Gasteiger partial charge in [0.05, 0.1) is 7.11 Å². The van der Waals surface area contributed by atoms with Crippen LogP contribution in [-0.4, -0.2) is 53.5 Å².